The van der Waals surface area contributed by atoms with Gasteiger partial charge in [-0.1, -0.05) is 18.2 Å². The highest BCUT2D eigenvalue weighted by Crippen LogP contribution is 2.37. The zero-order valence-electron chi connectivity index (χ0n) is 11.0. The maximum Gasteiger partial charge on any atom is 0.286 e. The quantitative estimate of drug-likeness (QED) is 0.824. The predicted molar refractivity (Wildman–Crippen MR) is 71.8 cm³/mol. The number of amides is 1. The molecule has 0 spiro atoms. The van der Waals surface area contributed by atoms with Crippen molar-refractivity contribution >= 4 is 32.6 Å². The lowest BCUT2D eigenvalue weighted by Gasteiger charge is -2.14. The summed E-state index contributed by atoms with van der Waals surface area (Å²) in [5.74, 6) is -1.02. The van der Waals surface area contributed by atoms with E-state index in [9.17, 15) is 18.0 Å². The summed E-state index contributed by atoms with van der Waals surface area (Å²) in [5.41, 5.74) is 0.796. The first-order valence-corrected chi connectivity index (χ1v) is 7.43. The van der Waals surface area contributed by atoms with Crippen LogP contribution in [0.15, 0.2) is 29.2 Å². The van der Waals surface area contributed by atoms with Crippen molar-refractivity contribution in [1.29, 1.82) is 0 Å². The highest BCUT2D eigenvalue weighted by Gasteiger charge is 2.45. The largest absolute Gasteiger partial charge is 0.338 e. The first-order valence-electron chi connectivity index (χ1n) is 5.99. The number of hydrogen-bond acceptors (Lipinski definition) is 4. The van der Waals surface area contributed by atoms with Gasteiger partial charge in [0, 0.05) is 18.0 Å². The first-order chi connectivity index (χ1) is 9.35. The Balaban J connectivity index is 2.36. The van der Waals surface area contributed by atoms with Crippen LogP contribution in [0.3, 0.4) is 0 Å². The van der Waals surface area contributed by atoms with Crippen LogP contribution < -0.4 is 0 Å². The van der Waals surface area contributed by atoms with Crippen LogP contribution in [0.25, 0.3) is 10.9 Å². The molecule has 2 heterocycles. The van der Waals surface area contributed by atoms with Crippen LogP contribution in [0.5, 0.6) is 0 Å². The molecule has 0 bridgehead atoms. The van der Waals surface area contributed by atoms with Crippen molar-refractivity contribution in [3.63, 3.8) is 0 Å². The lowest BCUT2D eigenvalue weighted by molar-refractivity contribution is -0.116. The van der Waals surface area contributed by atoms with Gasteiger partial charge in [0.15, 0.2) is 0 Å². The number of benzene rings is 1. The second-order valence-electron chi connectivity index (χ2n) is 4.77. The second-order valence-corrected chi connectivity index (χ2v) is 6.57. The Morgan fingerprint density at radius 1 is 1.25 bits per heavy atom. The van der Waals surface area contributed by atoms with Gasteiger partial charge >= 0.3 is 0 Å². The molecule has 1 aliphatic heterocycles. The molecule has 1 aliphatic rings. The molecular weight excluding hydrogens is 280 g/mol. The van der Waals surface area contributed by atoms with Crippen molar-refractivity contribution in [2.24, 2.45) is 7.05 Å². The van der Waals surface area contributed by atoms with Crippen molar-refractivity contribution < 1.29 is 18.0 Å². The zero-order valence-corrected chi connectivity index (χ0v) is 11.8. The maximum atomic E-state index is 12.5. The molecule has 1 amide bonds. The maximum absolute atomic E-state index is 12.5. The highest BCUT2D eigenvalue weighted by atomic mass is 32.2. The Labute approximate surface area is 115 Å². The summed E-state index contributed by atoms with van der Waals surface area (Å²) in [6.07, 6.45) is 0. The monoisotopic (exact) mass is 292 g/mol. The van der Waals surface area contributed by atoms with E-state index >= 15 is 0 Å². The Hall–Kier alpha value is -2.15. The van der Waals surface area contributed by atoms with Gasteiger partial charge in [-0.25, -0.2) is 12.7 Å². The lowest BCUT2D eigenvalue weighted by Crippen LogP contribution is -2.34. The minimum atomic E-state index is -3.95. The molecule has 0 fully saturated rings. The van der Waals surface area contributed by atoms with Crippen LogP contribution in [-0.2, 0) is 21.9 Å². The van der Waals surface area contributed by atoms with Crippen molar-refractivity contribution in [2.45, 2.75) is 11.8 Å². The molecule has 0 unspecified atom stereocenters. The van der Waals surface area contributed by atoms with Gasteiger partial charge in [0.2, 0.25) is 0 Å². The number of carbonyl (C=O) groups excluding carboxylic acids is 2. The summed E-state index contributed by atoms with van der Waals surface area (Å²) >= 11 is 0. The molecule has 2 aromatic rings. The number of aromatic nitrogens is 1. The number of ketones is 1. The van der Waals surface area contributed by atoms with Crippen molar-refractivity contribution in [1.82, 2.24) is 8.87 Å². The minimum absolute atomic E-state index is 0.00171. The number of fused-ring (bicyclic) bond motifs is 3. The first kappa shape index (κ1) is 12.9. The topological polar surface area (TPSA) is 76.5 Å². The smallest absolute Gasteiger partial charge is 0.286 e. The van der Waals surface area contributed by atoms with Gasteiger partial charge in [0.05, 0.1) is 6.54 Å². The van der Waals surface area contributed by atoms with E-state index in [0.29, 0.717) is 15.2 Å². The number of rotatable bonds is 2. The third-order valence-electron chi connectivity index (χ3n) is 3.40. The fourth-order valence-electron chi connectivity index (χ4n) is 2.56. The standard InChI is InChI=1S/C13H12N2O4S/c1-8(16)7-15-13(17)11-12(20(15,18)19)9-5-3-4-6-10(9)14(11)2/h3-6H,7H2,1-2H3. The van der Waals surface area contributed by atoms with Crippen molar-refractivity contribution in [3.05, 3.63) is 30.0 Å². The Bertz CT molecular complexity index is 864. The van der Waals surface area contributed by atoms with Crippen LogP contribution in [0.2, 0.25) is 0 Å². The summed E-state index contributed by atoms with van der Waals surface area (Å²) in [4.78, 5) is 23.5. The number of Topliss-reactive ketones (excluding diaryl/α,β-unsaturated/α-hetero) is 1. The molecule has 104 valence electrons. The van der Waals surface area contributed by atoms with E-state index in [0.717, 1.165) is 0 Å². The summed E-state index contributed by atoms with van der Waals surface area (Å²) in [5, 5.41) is 0.504. The van der Waals surface area contributed by atoms with Crippen LogP contribution in [0, 0.1) is 0 Å². The third-order valence-corrected chi connectivity index (χ3v) is 5.21. The summed E-state index contributed by atoms with van der Waals surface area (Å²) in [6, 6.07) is 6.92. The summed E-state index contributed by atoms with van der Waals surface area (Å²) in [7, 11) is -2.31. The van der Waals surface area contributed by atoms with E-state index in [2.05, 4.69) is 0 Å². The van der Waals surface area contributed by atoms with Gasteiger partial charge in [-0.2, -0.15) is 0 Å². The molecule has 20 heavy (non-hydrogen) atoms. The number of hydrogen-bond donors (Lipinski definition) is 0. The van der Waals surface area contributed by atoms with E-state index in [4.69, 9.17) is 0 Å². The Morgan fingerprint density at radius 3 is 2.55 bits per heavy atom. The van der Waals surface area contributed by atoms with E-state index in [1.165, 1.54) is 6.92 Å². The van der Waals surface area contributed by atoms with Gasteiger partial charge in [0.1, 0.15) is 16.4 Å². The molecule has 3 rings (SSSR count). The van der Waals surface area contributed by atoms with E-state index < -0.39 is 22.5 Å². The molecule has 0 atom stereocenters. The lowest BCUT2D eigenvalue weighted by atomic mass is 10.2. The van der Waals surface area contributed by atoms with Crippen molar-refractivity contribution in [2.75, 3.05) is 6.54 Å². The van der Waals surface area contributed by atoms with E-state index in [1.54, 1.807) is 35.9 Å². The number of para-hydroxylation sites is 1. The minimum Gasteiger partial charge on any atom is -0.338 e. The third kappa shape index (κ3) is 1.46. The zero-order chi connectivity index (χ0) is 14.7. The number of carbonyl (C=O) groups is 2. The van der Waals surface area contributed by atoms with Crippen LogP contribution in [-0.4, -0.2) is 35.5 Å². The highest BCUT2D eigenvalue weighted by molar-refractivity contribution is 7.90. The molecule has 0 saturated carbocycles. The molecule has 1 aromatic heterocycles. The normalized spacial score (nSPS) is 16.7. The molecule has 1 aromatic carbocycles. The fourth-order valence-corrected chi connectivity index (χ4v) is 4.35. The molecule has 0 aliphatic carbocycles. The average molecular weight is 292 g/mol. The van der Waals surface area contributed by atoms with Gasteiger partial charge in [-0.15, -0.1) is 0 Å². The van der Waals surface area contributed by atoms with Crippen LogP contribution in [0.4, 0.5) is 0 Å². The predicted octanol–water partition coefficient (Wildman–Crippen LogP) is 0.912. The number of nitrogens with zero attached hydrogens (tertiary/aromatic N) is 2. The van der Waals surface area contributed by atoms with Crippen molar-refractivity contribution in [3.8, 4) is 0 Å². The van der Waals surface area contributed by atoms with Gasteiger partial charge in [-0.3, -0.25) is 9.59 Å². The molecule has 0 N–H and O–H groups in total. The Kier molecular flexibility index (Phi) is 2.52. The van der Waals surface area contributed by atoms with E-state index in [1.807, 2.05) is 0 Å². The van der Waals surface area contributed by atoms with E-state index in [-0.39, 0.29) is 16.4 Å². The second kappa shape index (κ2) is 3.92. The summed E-state index contributed by atoms with van der Waals surface area (Å²) in [6.45, 7) is 0.827. The van der Waals surface area contributed by atoms with Crippen LogP contribution in [0.1, 0.15) is 17.4 Å². The Morgan fingerprint density at radius 2 is 1.90 bits per heavy atom. The number of aryl methyl sites for hydroxylation is 1. The number of sulfonamides is 1. The van der Waals surface area contributed by atoms with Gasteiger partial charge < -0.3 is 4.57 Å². The summed E-state index contributed by atoms with van der Waals surface area (Å²) < 4.78 is 27.2. The average Bonchev–Trinajstić information content (AvgIpc) is 2.78. The molecule has 7 heteroatoms. The van der Waals surface area contributed by atoms with Crippen LogP contribution >= 0.6 is 0 Å². The molecule has 0 radical (unpaired) electrons. The van der Waals surface area contributed by atoms with Gasteiger partial charge in [0.25, 0.3) is 15.9 Å². The fraction of sp³-hybridized carbons (Fsp3) is 0.231. The SMILES string of the molecule is CC(=O)CN1C(=O)c2c(c3ccccc3n2C)S1(=O)=O. The van der Waals surface area contributed by atoms with Gasteiger partial charge in [-0.05, 0) is 13.0 Å². The molecule has 6 nitrogen and oxygen atoms in total. The molecule has 0 saturated heterocycles. The molecular formula is C13H12N2O4S.